The van der Waals surface area contributed by atoms with Crippen LogP contribution < -0.4 is 10.9 Å². The third kappa shape index (κ3) is 3.44. The first-order valence-electron chi connectivity index (χ1n) is 8.51. The molecule has 1 amide bonds. The van der Waals surface area contributed by atoms with E-state index in [9.17, 15) is 9.59 Å². The minimum Gasteiger partial charge on any atom is -0.322 e. The third-order valence-corrected chi connectivity index (χ3v) is 4.42. The number of pyridine rings is 1. The molecule has 0 radical (unpaired) electrons. The van der Waals surface area contributed by atoms with Crippen LogP contribution >= 0.6 is 0 Å². The number of nitrogens with one attached hydrogen (secondary N) is 1. The molecule has 0 unspecified atom stereocenters. The molecule has 0 aliphatic carbocycles. The quantitative estimate of drug-likeness (QED) is 0.783. The molecular weight excluding hydrogens is 328 g/mol. The van der Waals surface area contributed by atoms with E-state index >= 15 is 0 Å². The van der Waals surface area contributed by atoms with Crippen molar-refractivity contribution in [3.05, 3.63) is 76.2 Å². The number of benzene rings is 1. The molecule has 6 heteroatoms. The van der Waals surface area contributed by atoms with E-state index in [0.717, 1.165) is 17.1 Å². The Morgan fingerprint density at radius 3 is 2.35 bits per heavy atom. The van der Waals surface area contributed by atoms with Crippen LogP contribution in [-0.4, -0.2) is 20.0 Å². The van der Waals surface area contributed by atoms with E-state index in [2.05, 4.69) is 10.3 Å². The van der Waals surface area contributed by atoms with Gasteiger partial charge in [0.2, 0.25) is 0 Å². The Balaban J connectivity index is 1.77. The zero-order chi connectivity index (χ0) is 18.8. The van der Waals surface area contributed by atoms with Crippen molar-refractivity contribution in [2.24, 2.45) is 0 Å². The molecule has 26 heavy (non-hydrogen) atoms. The Labute approximate surface area is 152 Å². The Kier molecular flexibility index (Phi) is 4.75. The number of nitrogens with zero attached hydrogens (tertiary/aromatic N) is 3. The number of aromatic nitrogens is 3. The van der Waals surface area contributed by atoms with Gasteiger partial charge in [-0.2, -0.15) is 0 Å². The SMILES string of the molecule is Cc1ncn(-c2ccc(NC(=O)c3ccn(C(C)C)c(=O)c3)cc2)c1C. The Hall–Kier alpha value is -3.15. The molecule has 2 heterocycles. The molecular formula is C20H22N4O2. The van der Waals surface area contributed by atoms with Crippen molar-refractivity contribution >= 4 is 11.6 Å². The predicted molar refractivity (Wildman–Crippen MR) is 102 cm³/mol. The first kappa shape index (κ1) is 17.7. The van der Waals surface area contributed by atoms with Crippen LogP contribution in [0.2, 0.25) is 0 Å². The topological polar surface area (TPSA) is 68.9 Å². The van der Waals surface area contributed by atoms with Gasteiger partial charge in [0, 0.05) is 40.9 Å². The highest BCUT2D eigenvalue weighted by atomic mass is 16.2. The van der Waals surface area contributed by atoms with Gasteiger partial charge in [-0.05, 0) is 58.0 Å². The van der Waals surface area contributed by atoms with Gasteiger partial charge in [0.05, 0.1) is 12.0 Å². The van der Waals surface area contributed by atoms with Crippen LogP contribution in [0.1, 0.15) is 41.6 Å². The normalized spacial score (nSPS) is 11.0. The first-order valence-corrected chi connectivity index (χ1v) is 8.51. The summed E-state index contributed by atoms with van der Waals surface area (Å²) in [5.74, 6) is -0.305. The molecule has 1 N–H and O–H groups in total. The number of aryl methyl sites for hydroxylation is 1. The van der Waals surface area contributed by atoms with E-state index < -0.39 is 0 Å². The standard InChI is InChI=1S/C20H22N4O2/c1-13(2)23-10-9-16(11-19(23)25)20(26)22-17-5-7-18(8-6-17)24-12-21-14(3)15(24)4/h5-13H,1-4H3,(H,22,26). The zero-order valence-electron chi connectivity index (χ0n) is 15.4. The van der Waals surface area contributed by atoms with Gasteiger partial charge in [-0.3, -0.25) is 9.59 Å². The molecule has 0 fully saturated rings. The van der Waals surface area contributed by atoms with Crippen molar-refractivity contribution in [2.75, 3.05) is 5.32 Å². The van der Waals surface area contributed by atoms with Gasteiger partial charge in [-0.15, -0.1) is 0 Å². The average Bonchev–Trinajstić information content (AvgIpc) is 2.94. The number of carbonyl (C=O) groups excluding carboxylic acids is 1. The number of carbonyl (C=O) groups is 1. The smallest absolute Gasteiger partial charge is 0.255 e. The van der Waals surface area contributed by atoms with Crippen LogP contribution in [0.5, 0.6) is 0 Å². The molecule has 0 aliphatic rings. The predicted octanol–water partition coefficient (Wildman–Crippen LogP) is 3.48. The maximum Gasteiger partial charge on any atom is 0.255 e. The third-order valence-electron chi connectivity index (χ3n) is 4.42. The van der Waals surface area contributed by atoms with E-state index in [1.807, 2.05) is 56.5 Å². The second-order valence-electron chi connectivity index (χ2n) is 6.54. The molecule has 0 saturated carbocycles. The van der Waals surface area contributed by atoms with Crippen LogP contribution in [0.3, 0.4) is 0 Å². The molecule has 2 aromatic heterocycles. The fourth-order valence-corrected chi connectivity index (χ4v) is 2.73. The number of rotatable bonds is 4. The zero-order valence-corrected chi connectivity index (χ0v) is 15.4. The van der Waals surface area contributed by atoms with Crippen molar-refractivity contribution in [2.45, 2.75) is 33.7 Å². The lowest BCUT2D eigenvalue weighted by atomic mass is 10.2. The summed E-state index contributed by atoms with van der Waals surface area (Å²) in [6.07, 6.45) is 3.43. The molecule has 3 aromatic rings. The molecule has 0 saturated heterocycles. The van der Waals surface area contributed by atoms with Crippen molar-refractivity contribution in [3.63, 3.8) is 0 Å². The lowest BCUT2D eigenvalue weighted by Gasteiger charge is -2.11. The van der Waals surface area contributed by atoms with Gasteiger partial charge in [0.15, 0.2) is 0 Å². The van der Waals surface area contributed by atoms with Gasteiger partial charge in [-0.1, -0.05) is 0 Å². The number of imidazole rings is 1. The number of hydrogen-bond acceptors (Lipinski definition) is 3. The van der Waals surface area contributed by atoms with Crippen molar-refractivity contribution in [3.8, 4) is 5.69 Å². The number of hydrogen-bond donors (Lipinski definition) is 1. The fourth-order valence-electron chi connectivity index (χ4n) is 2.73. The summed E-state index contributed by atoms with van der Waals surface area (Å²) < 4.78 is 3.58. The van der Waals surface area contributed by atoms with Crippen LogP contribution in [-0.2, 0) is 0 Å². The minimum absolute atomic E-state index is 0.0578. The molecule has 6 nitrogen and oxygen atoms in total. The van der Waals surface area contributed by atoms with Gasteiger partial charge in [0.1, 0.15) is 0 Å². The van der Waals surface area contributed by atoms with Crippen LogP contribution in [0, 0.1) is 13.8 Å². The van der Waals surface area contributed by atoms with Crippen molar-refractivity contribution in [1.29, 1.82) is 0 Å². The molecule has 3 rings (SSSR count). The van der Waals surface area contributed by atoms with Gasteiger partial charge < -0.3 is 14.5 Å². The molecule has 1 aromatic carbocycles. The summed E-state index contributed by atoms with van der Waals surface area (Å²) in [6.45, 7) is 7.82. The van der Waals surface area contributed by atoms with E-state index in [-0.39, 0.29) is 17.5 Å². The van der Waals surface area contributed by atoms with Crippen molar-refractivity contribution in [1.82, 2.24) is 14.1 Å². The molecule has 0 aliphatic heterocycles. The Morgan fingerprint density at radius 2 is 1.81 bits per heavy atom. The summed E-state index contributed by atoms with van der Waals surface area (Å²) in [6, 6.07) is 10.6. The maximum atomic E-state index is 12.4. The Bertz CT molecular complexity index is 997. The first-order chi connectivity index (χ1) is 12.4. The van der Waals surface area contributed by atoms with Gasteiger partial charge in [-0.25, -0.2) is 4.98 Å². The summed E-state index contributed by atoms with van der Waals surface area (Å²) in [5.41, 5.74) is 3.86. The summed E-state index contributed by atoms with van der Waals surface area (Å²) in [7, 11) is 0. The maximum absolute atomic E-state index is 12.4. The van der Waals surface area contributed by atoms with Crippen LogP contribution in [0.25, 0.3) is 5.69 Å². The van der Waals surface area contributed by atoms with E-state index in [1.165, 1.54) is 6.07 Å². The average molecular weight is 350 g/mol. The lowest BCUT2D eigenvalue weighted by molar-refractivity contribution is 0.102. The monoisotopic (exact) mass is 350 g/mol. The lowest BCUT2D eigenvalue weighted by Crippen LogP contribution is -2.23. The van der Waals surface area contributed by atoms with E-state index in [4.69, 9.17) is 0 Å². The highest BCUT2D eigenvalue weighted by Crippen LogP contribution is 2.17. The Morgan fingerprint density at radius 1 is 1.12 bits per heavy atom. The van der Waals surface area contributed by atoms with Crippen LogP contribution in [0.15, 0.2) is 53.7 Å². The minimum atomic E-state index is -0.305. The molecule has 0 atom stereocenters. The highest BCUT2D eigenvalue weighted by molar-refractivity contribution is 6.04. The van der Waals surface area contributed by atoms with Crippen LogP contribution in [0.4, 0.5) is 5.69 Å². The number of anilines is 1. The van der Waals surface area contributed by atoms with Gasteiger partial charge in [0.25, 0.3) is 11.5 Å². The van der Waals surface area contributed by atoms with Gasteiger partial charge >= 0.3 is 0 Å². The summed E-state index contributed by atoms with van der Waals surface area (Å²) >= 11 is 0. The van der Waals surface area contributed by atoms with Crippen molar-refractivity contribution < 1.29 is 4.79 Å². The highest BCUT2D eigenvalue weighted by Gasteiger charge is 2.10. The molecule has 134 valence electrons. The molecule has 0 spiro atoms. The van der Waals surface area contributed by atoms with E-state index in [0.29, 0.717) is 11.3 Å². The number of amides is 1. The summed E-state index contributed by atoms with van der Waals surface area (Å²) in [4.78, 5) is 28.7. The molecule has 0 bridgehead atoms. The van der Waals surface area contributed by atoms with E-state index in [1.54, 1.807) is 23.2 Å². The fraction of sp³-hybridized carbons (Fsp3) is 0.250. The second kappa shape index (κ2) is 7.00. The summed E-state index contributed by atoms with van der Waals surface area (Å²) in [5, 5.41) is 2.82. The largest absolute Gasteiger partial charge is 0.322 e. The second-order valence-corrected chi connectivity index (χ2v) is 6.54.